The van der Waals surface area contributed by atoms with E-state index in [9.17, 15) is 0 Å². The van der Waals surface area contributed by atoms with Crippen LogP contribution in [0.4, 0.5) is 0 Å². The lowest BCUT2D eigenvalue weighted by atomic mass is 9.66. The normalized spacial score (nSPS) is 28.5. The van der Waals surface area contributed by atoms with Crippen molar-refractivity contribution in [2.24, 2.45) is 5.41 Å². The molecule has 19 heavy (non-hydrogen) atoms. The summed E-state index contributed by atoms with van der Waals surface area (Å²) in [5.41, 5.74) is 2.15. The zero-order valence-electron chi connectivity index (χ0n) is 11.8. The Hall–Kier alpha value is -0.340. The summed E-state index contributed by atoms with van der Waals surface area (Å²) in [6.07, 6.45) is 8.29. The van der Waals surface area contributed by atoms with Crippen molar-refractivity contribution in [3.05, 3.63) is 34.3 Å². The van der Waals surface area contributed by atoms with E-state index < -0.39 is 0 Å². The van der Waals surface area contributed by atoms with Crippen LogP contribution in [0.2, 0.25) is 0 Å². The number of rotatable bonds is 5. The molecule has 0 heterocycles. The molecule has 0 unspecified atom stereocenters. The van der Waals surface area contributed by atoms with Crippen LogP contribution in [-0.4, -0.2) is 12.6 Å². The van der Waals surface area contributed by atoms with E-state index >= 15 is 0 Å². The standard InChI is InChI=1S/C17H24BrN/c1-2-17(8-5-9-17)12-19-14-10-13(11-14)15-6-3-4-7-16(15)18/h3-4,6-7,13-14,19H,2,5,8-12H2,1H3. The third-order valence-corrected chi connectivity index (χ3v) is 6.14. The number of benzene rings is 1. The zero-order valence-corrected chi connectivity index (χ0v) is 13.4. The van der Waals surface area contributed by atoms with Crippen molar-refractivity contribution in [2.45, 2.75) is 57.4 Å². The fourth-order valence-electron chi connectivity index (χ4n) is 3.54. The Morgan fingerprint density at radius 1 is 1.26 bits per heavy atom. The van der Waals surface area contributed by atoms with Crippen LogP contribution in [0.15, 0.2) is 28.7 Å². The van der Waals surface area contributed by atoms with E-state index in [0.29, 0.717) is 5.41 Å². The molecule has 2 fully saturated rings. The number of nitrogens with one attached hydrogen (secondary N) is 1. The summed E-state index contributed by atoms with van der Waals surface area (Å²) in [5.74, 6) is 0.757. The Morgan fingerprint density at radius 2 is 2.00 bits per heavy atom. The van der Waals surface area contributed by atoms with Crippen molar-refractivity contribution >= 4 is 15.9 Å². The van der Waals surface area contributed by atoms with Gasteiger partial charge in [-0.05, 0) is 55.1 Å². The lowest BCUT2D eigenvalue weighted by Gasteiger charge is -2.45. The second-order valence-corrected chi connectivity index (χ2v) is 7.33. The minimum Gasteiger partial charge on any atom is -0.313 e. The topological polar surface area (TPSA) is 12.0 Å². The highest BCUT2D eigenvalue weighted by Crippen LogP contribution is 2.45. The van der Waals surface area contributed by atoms with Crippen LogP contribution in [0.1, 0.15) is 56.9 Å². The van der Waals surface area contributed by atoms with E-state index in [0.717, 1.165) is 12.0 Å². The molecule has 0 spiro atoms. The van der Waals surface area contributed by atoms with Crippen molar-refractivity contribution in [3.63, 3.8) is 0 Å². The Bertz CT molecular complexity index is 427. The maximum absolute atomic E-state index is 3.82. The molecule has 2 aliphatic rings. The van der Waals surface area contributed by atoms with E-state index in [-0.39, 0.29) is 0 Å². The summed E-state index contributed by atoms with van der Waals surface area (Å²) in [6, 6.07) is 9.44. The molecule has 0 radical (unpaired) electrons. The summed E-state index contributed by atoms with van der Waals surface area (Å²) in [6.45, 7) is 3.60. The van der Waals surface area contributed by atoms with Crippen molar-refractivity contribution in [3.8, 4) is 0 Å². The lowest BCUT2D eigenvalue weighted by molar-refractivity contribution is 0.109. The molecule has 1 aromatic carbocycles. The third kappa shape index (κ3) is 2.75. The van der Waals surface area contributed by atoms with Gasteiger partial charge < -0.3 is 5.32 Å². The number of hydrogen-bond acceptors (Lipinski definition) is 1. The van der Waals surface area contributed by atoms with Crippen molar-refractivity contribution in [1.82, 2.24) is 5.32 Å². The molecule has 0 aliphatic heterocycles. The van der Waals surface area contributed by atoms with Gasteiger partial charge in [-0.2, -0.15) is 0 Å². The summed E-state index contributed by atoms with van der Waals surface area (Å²) in [7, 11) is 0. The van der Waals surface area contributed by atoms with Gasteiger partial charge in [0.1, 0.15) is 0 Å². The van der Waals surface area contributed by atoms with E-state index in [4.69, 9.17) is 0 Å². The molecule has 0 atom stereocenters. The van der Waals surface area contributed by atoms with Gasteiger partial charge in [0, 0.05) is 17.1 Å². The minimum atomic E-state index is 0.651. The Labute approximate surface area is 125 Å². The highest BCUT2D eigenvalue weighted by molar-refractivity contribution is 9.10. The van der Waals surface area contributed by atoms with Crippen LogP contribution < -0.4 is 5.32 Å². The second-order valence-electron chi connectivity index (χ2n) is 6.47. The molecule has 1 aromatic rings. The van der Waals surface area contributed by atoms with Gasteiger partial charge >= 0.3 is 0 Å². The first-order valence-electron chi connectivity index (χ1n) is 7.70. The average molecular weight is 322 g/mol. The highest BCUT2D eigenvalue weighted by Gasteiger charge is 2.37. The van der Waals surface area contributed by atoms with Crippen LogP contribution in [-0.2, 0) is 0 Å². The van der Waals surface area contributed by atoms with Gasteiger partial charge in [-0.1, -0.05) is 47.5 Å². The molecule has 2 aliphatic carbocycles. The molecule has 0 aromatic heterocycles. The smallest absolute Gasteiger partial charge is 0.0210 e. The first kappa shape index (κ1) is 13.6. The van der Waals surface area contributed by atoms with Crippen LogP contribution in [0.5, 0.6) is 0 Å². The summed E-state index contributed by atoms with van der Waals surface area (Å²) < 4.78 is 1.28. The van der Waals surface area contributed by atoms with Gasteiger partial charge in [0.25, 0.3) is 0 Å². The molecule has 1 nitrogen and oxygen atoms in total. The predicted octanol–water partition coefficient (Wildman–Crippen LogP) is 4.87. The van der Waals surface area contributed by atoms with Gasteiger partial charge in [0.15, 0.2) is 0 Å². The molecule has 104 valence electrons. The Balaban J connectivity index is 1.47. The van der Waals surface area contributed by atoms with Crippen molar-refractivity contribution < 1.29 is 0 Å². The molecule has 3 rings (SSSR count). The van der Waals surface area contributed by atoms with Gasteiger partial charge in [0.05, 0.1) is 0 Å². The minimum absolute atomic E-state index is 0.651. The van der Waals surface area contributed by atoms with E-state index in [2.05, 4.69) is 52.4 Å². The summed E-state index contributed by atoms with van der Waals surface area (Å²) >= 11 is 3.67. The van der Waals surface area contributed by atoms with Gasteiger partial charge in [-0.15, -0.1) is 0 Å². The molecule has 0 bridgehead atoms. The summed E-state index contributed by atoms with van der Waals surface area (Å²) in [4.78, 5) is 0. The monoisotopic (exact) mass is 321 g/mol. The molecule has 2 saturated carbocycles. The maximum atomic E-state index is 3.82. The van der Waals surface area contributed by atoms with Gasteiger partial charge in [0.2, 0.25) is 0 Å². The van der Waals surface area contributed by atoms with E-state index in [1.807, 2.05) is 0 Å². The number of hydrogen-bond donors (Lipinski definition) is 1. The van der Waals surface area contributed by atoms with E-state index in [1.165, 1.54) is 55.1 Å². The van der Waals surface area contributed by atoms with Gasteiger partial charge in [-0.3, -0.25) is 0 Å². The van der Waals surface area contributed by atoms with Crippen LogP contribution in [0, 0.1) is 5.41 Å². The highest BCUT2D eigenvalue weighted by atomic mass is 79.9. The molecule has 0 amide bonds. The Kier molecular flexibility index (Phi) is 4.00. The van der Waals surface area contributed by atoms with Crippen LogP contribution in [0.3, 0.4) is 0 Å². The Morgan fingerprint density at radius 3 is 2.58 bits per heavy atom. The lowest BCUT2D eigenvalue weighted by Crippen LogP contribution is -2.47. The van der Waals surface area contributed by atoms with Crippen LogP contribution >= 0.6 is 15.9 Å². The average Bonchev–Trinajstić information content (AvgIpc) is 2.32. The fourth-order valence-corrected chi connectivity index (χ4v) is 4.15. The summed E-state index contributed by atoms with van der Waals surface area (Å²) in [5, 5.41) is 3.82. The molecular weight excluding hydrogens is 298 g/mol. The maximum Gasteiger partial charge on any atom is 0.0210 e. The van der Waals surface area contributed by atoms with E-state index in [1.54, 1.807) is 0 Å². The quantitative estimate of drug-likeness (QED) is 0.816. The van der Waals surface area contributed by atoms with Gasteiger partial charge in [-0.25, -0.2) is 0 Å². The largest absolute Gasteiger partial charge is 0.313 e. The first-order chi connectivity index (χ1) is 9.22. The molecule has 1 N–H and O–H groups in total. The third-order valence-electron chi connectivity index (χ3n) is 5.41. The van der Waals surface area contributed by atoms with Crippen LogP contribution in [0.25, 0.3) is 0 Å². The number of halogens is 1. The van der Waals surface area contributed by atoms with Crippen molar-refractivity contribution in [2.75, 3.05) is 6.54 Å². The molecule has 0 saturated heterocycles. The molecular formula is C17H24BrN. The SMILES string of the molecule is CCC1(CNC2CC(c3ccccc3Br)C2)CCC1. The molecule has 2 heteroatoms. The first-order valence-corrected chi connectivity index (χ1v) is 8.49. The van der Waals surface area contributed by atoms with Crippen molar-refractivity contribution in [1.29, 1.82) is 0 Å². The second kappa shape index (κ2) is 5.57. The zero-order chi connectivity index (χ0) is 13.3. The predicted molar refractivity (Wildman–Crippen MR) is 84.5 cm³/mol. The fraction of sp³-hybridized carbons (Fsp3) is 0.647.